The summed E-state index contributed by atoms with van der Waals surface area (Å²) in [6, 6.07) is 18.6. The Balaban J connectivity index is 1.51. The predicted molar refractivity (Wildman–Crippen MR) is 123 cm³/mol. The molecule has 1 unspecified atom stereocenters. The molecule has 33 heavy (non-hydrogen) atoms. The molecule has 0 bridgehead atoms. The van der Waals surface area contributed by atoms with Crippen molar-refractivity contribution in [2.24, 2.45) is 0 Å². The smallest absolute Gasteiger partial charge is 0.406 e. The SMILES string of the molecule is COc1ccc(C(CNC(=O)COc2cccnc2[N+](=O)[O-])c2c[nH]c3ccccc23)cc1. The van der Waals surface area contributed by atoms with Crippen molar-refractivity contribution in [2.45, 2.75) is 5.92 Å². The number of nitrogens with zero attached hydrogens (tertiary/aromatic N) is 2. The molecule has 9 heteroatoms. The number of H-pyrrole nitrogens is 1. The summed E-state index contributed by atoms with van der Waals surface area (Å²) in [6.45, 7) is -0.0543. The topological polar surface area (TPSA) is 119 Å². The number of carbonyl (C=O) groups excluding carboxylic acids is 1. The number of methoxy groups -OCH3 is 1. The Bertz CT molecular complexity index is 1270. The van der Waals surface area contributed by atoms with E-state index in [-0.39, 0.29) is 18.3 Å². The van der Waals surface area contributed by atoms with Crippen LogP contribution in [-0.4, -0.2) is 41.1 Å². The second-order valence-electron chi connectivity index (χ2n) is 7.29. The molecular formula is C24H22N4O5. The maximum absolute atomic E-state index is 12.5. The molecule has 0 aliphatic carbocycles. The molecule has 0 aliphatic rings. The Morgan fingerprint density at radius 3 is 2.70 bits per heavy atom. The van der Waals surface area contributed by atoms with Crippen LogP contribution in [0.2, 0.25) is 0 Å². The van der Waals surface area contributed by atoms with Crippen molar-refractivity contribution in [2.75, 3.05) is 20.3 Å². The average Bonchev–Trinajstić information content (AvgIpc) is 3.27. The number of nitro groups is 1. The number of rotatable bonds is 9. The van der Waals surface area contributed by atoms with Gasteiger partial charge in [-0.3, -0.25) is 4.79 Å². The highest BCUT2D eigenvalue weighted by Gasteiger charge is 2.20. The lowest BCUT2D eigenvalue weighted by Crippen LogP contribution is -2.32. The fourth-order valence-corrected chi connectivity index (χ4v) is 3.67. The zero-order chi connectivity index (χ0) is 23.2. The van der Waals surface area contributed by atoms with Crippen LogP contribution in [0.25, 0.3) is 10.9 Å². The molecule has 0 saturated carbocycles. The van der Waals surface area contributed by atoms with Gasteiger partial charge >= 0.3 is 5.82 Å². The molecule has 2 heterocycles. The number of nitrogens with one attached hydrogen (secondary N) is 2. The molecule has 168 valence electrons. The highest BCUT2D eigenvalue weighted by Crippen LogP contribution is 2.31. The van der Waals surface area contributed by atoms with Crippen molar-refractivity contribution >= 4 is 22.6 Å². The summed E-state index contributed by atoms with van der Waals surface area (Å²) in [5.41, 5.74) is 3.05. The summed E-state index contributed by atoms with van der Waals surface area (Å²) in [5, 5.41) is 15.0. The lowest BCUT2D eigenvalue weighted by molar-refractivity contribution is -0.390. The molecule has 2 aromatic heterocycles. The number of ether oxygens (including phenoxy) is 2. The second kappa shape index (κ2) is 9.82. The Hall–Kier alpha value is -4.40. The highest BCUT2D eigenvalue weighted by atomic mass is 16.6. The first kappa shape index (κ1) is 21.8. The van der Waals surface area contributed by atoms with Crippen molar-refractivity contribution in [3.8, 4) is 11.5 Å². The molecule has 2 aromatic carbocycles. The molecule has 0 spiro atoms. The van der Waals surface area contributed by atoms with Gasteiger partial charge in [-0.05, 0) is 51.4 Å². The molecule has 0 radical (unpaired) electrons. The summed E-state index contributed by atoms with van der Waals surface area (Å²) in [5.74, 6) is -0.275. The van der Waals surface area contributed by atoms with E-state index in [9.17, 15) is 14.9 Å². The first-order valence-electron chi connectivity index (χ1n) is 10.3. The van der Waals surface area contributed by atoms with Crippen molar-refractivity contribution < 1.29 is 19.2 Å². The van der Waals surface area contributed by atoms with Crippen LogP contribution in [0.5, 0.6) is 11.5 Å². The lowest BCUT2D eigenvalue weighted by Gasteiger charge is -2.19. The van der Waals surface area contributed by atoms with E-state index >= 15 is 0 Å². The van der Waals surface area contributed by atoms with E-state index in [1.807, 2.05) is 54.7 Å². The van der Waals surface area contributed by atoms with Crippen LogP contribution >= 0.6 is 0 Å². The third-order valence-electron chi connectivity index (χ3n) is 5.30. The number of para-hydroxylation sites is 1. The molecule has 0 fully saturated rings. The lowest BCUT2D eigenvalue weighted by atomic mass is 9.91. The van der Waals surface area contributed by atoms with E-state index in [2.05, 4.69) is 15.3 Å². The number of hydrogen-bond donors (Lipinski definition) is 2. The Labute approximate surface area is 189 Å². The van der Waals surface area contributed by atoms with E-state index < -0.39 is 16.6 Å². The molecule has 0 saturated heterocycles. The Morgan fingerprint density at radius 1 is 1.15 bits per heavy atom. The maximum Gasteiger partial charge on any atom is 0.406 e. The van der Waals surface area contributed by atoms with Crippen molar-refractivity contribution in [1.29, 1.82) is 0 Å². The van der Waals surface area contributed by atoms with Gasteiger partial charge in [0.25, 0.3) is 5.91 Å². The molecule has 4 aromatic rings. The fraction of sp³-hybridized carbons (Fsp3) is 0.167. The zero-order valence-corrected chi connectivity index (χ0v) is 17.9. The van der Waals surface area contributed by atoms with Gasteiger partial charge in [0.15, 0.2) is 6.61 Å². The molecule has 1 atom stereocenters. The third-order valence-corrected chi connectivity index (χ3v) is 5.30. The number of aromatic nitrogens is 2. The average molecular weight is 446 g/mol. The minimum atomic E-state index is -0.649. The minimum absolute atomic E-state index is 0.0546. The number of amides is 1. The van der Waals surface area contributed by atoms with E-state index in [1.165, 1.54) is 18.3 Å². The molecule has 4 rings (SSSR count). The number of carbonyl (C=O) groups is 1. The molecule has 0 aliphatic heterocycles. The van der Waals surface area contributed by atoms with Crippen molar-refractivity contribution in [3.63, 3.8) is 0 Å². The molecule has 1 amide bonds. The summed E-state index contributed by atoms with van der Waals surface area (Å²) in [4.78, 5) is 29.9. The summed E-state index contributed by atoms with van der Waals surface area (Å²) >= 11 is 0. The highest BCUT2D eigenvalue weighted by molar-refractivity contribution is 5.84. The summed E-state index contributed by atoms with van der Waals surface area (Å²) < 4.78 is 10.6. The molecular weight excluding hydrogens is 424 g/mol. The number of pyridine rings is 1. The van der Waals surface area contributed by atoms with Crippen LogP contribution in [0.15, 0.2) is 73.1 Å². The van der Waals surface area contributed by atoms with E-state index in [4.69, 9.17) is 9.47 Å². The maximum atomic E-state index is 12.5. The number of hydrogen-bond acceptors (Lipinski definition) is 6. The Morgan fingerprint density at radius 2 is 1.94 bits per heavy atom. The first-order chi connectivity index (χ1) is 16.1. The van der Waals surface area contributed by atoms with Gasteiger partial charge in [-0.1, -0.05) is 30.3 Å². The fourth-order valence-electron chi connectivity index (χ4n) is 3.67. The standard InChI is InChI=1S/C24H22N4O5/c1-32-17-10-8-16(9-11-17)19(20-14-26-21-6-3-2-5-18(20)21)13-27-23(29)15-33-22-7-4-12-25-24(22)28(30)31/h2-12,14,19,26H,13,15H2,1H3,(H,27,29). The van der Waals surface area contributed by atoms with Crippen molar-refractivity contribution in [3.05, 3.63) is 94.3 Å². The zero-order valence-electron chi connectivity index (χ0n) is 17.9. The van der Waals surface area contributed by atoms with Crippen LogP contribution < -0.4 is 14.8 Å². The van der Waals surface area contributed by atoms with Crippen LogP contribution in [0.4, 0.5) is 5.82 Å². The summed E-state index contributed by atoms with van der Waals surface area (Å²) in [7, 11) is 1.61. The third kappa shape index (κ3) is 4.93. The van der Waals surface area contributed by atoms with Crippen LogP contribution in [0.1, 0.15) is 17.0 Å². The van der Waals surface area contributed by atoms with Gasteiger partial charge in [-0.15, -0.1) is 0 Å². The van der Waals surface area contributed by atoms with E-state index in [0.717, 1.165) is 27.8 Å². The first-order valence-corrected chi connectivity index (χ1v) is 10.3. The molecule has 2 N–H and O–H groups in total. The normalized spacial score (nSPS) is 11.7. The van der Waals surface area contributed by atoms with Crippen LogP contribution in [0, 0.1) is 10.1 Å². The van der Waals surface area contributed by atoms with Gasteiger partial charge in [-0.25, -0.2) is 0 Å². The van der Waals surface area contributed by atoms with Gasteiger partial charge < -0.3 is 29.9 Å². The number of benzene rings is 2. The van der Waals surface area contributed by atoms with Gasteiger partial charge in [0.2, 0.25) is 5.75 Å². The van der Waals surface area contributed by atoms with Gasteiger partial charge in [-0.2, -0.15) is 0 Å². The number of aromatic amines is 1. The van der Waals surface area contributed by atoms with Crippen LogP contribution in [-0.2, 0) is 4.79 Å². The van der Waals surface area contributed by atoms with E-state index in [0.29, 0.717) is 6.54 Å². The largest absolute Gasteiger partial charge is 0.497 e. The Kier molecular flexibility index (Phi) is 6.49. The quantitative estimate of drug-likeness (QED) is 0.298. The summed E-state index contributed by atoms with van der Waals surface area (Å²) in [6.07, 6.45) is 3.24. The van der Waals surface area contributed by atoms with Crippen molar-refractivity contribution in [1.82, 2.24) is 15.3 Å². The molecule has 9 nitrogen and oxygen atoms in total. The second-order valence-corrected chi connectivity index (χ2v) is 7.29. The number of fused-ring (bicyclic) bond motifs is 1. The van der Waals surface area contributed by atoms with Gasteiger partial charge in [0.1, 0.15) is 11.9 Å². The minimum Gasteiger partial charge on any atom is -0.497 e. The van der Waals surface area contributed by atoms with Gasteiger partial charge in [0.05, 0.1) is 7.11 Å². The van der Waals surface area contributed by atoms with E-state index in [1.54, 1.807) is 7.11 Å². The predicted octanol–water partition coefficient (Wildman–Crippen LogP) is 3.81. The van der Waals surface area contributed by atoms with Gasteiger partial charge in [0, 0.05) is 29.6 Å². The van der Waals surface area contributed by atoms with Crippen LogP contribution in [0.3, 0.4) is 0 Å². The monoisotopic (exact) mass is 446 g/mol.